The molecule has 0 aliphatic carbocycles. The Labute approximate surface area is 780 Å². The molecular weight excluding hydrogens is 1660 g/mol. The SMILES string of the molecule is c1ccc(-c2cc(-c3ccccc3)cc(-c3ccc4c(c3)oc3cc5c(cc34)oc3cc(-c4cc(-c6ccccc6)cc(-c6ccccc6)c4)ccc35)c2)cc1.c1ccc2c(-c3ccc4c(c3)oc3cc5c(cc34)oc3cc(-c4cccc6ccccc46)ccc35)cccc2c1.c1ccc2cc(-c3ccc4c(c3)oc3cc5c(cc34)oc3cc(-c4ccc6ccccc6c4)ccc35)ccc2c1. The van der Waals surface area contributed by atoms with E-state index >= 15 is 0 Å². The van der Waals surface area contributed by atoms with Gasteiger partial charge in [-0.1, -0.05) is 315 Å². The van der Waals surface area contributed by atoms with Gasteiger partial charge in [0.25, 0.3) is 0 Å². The normalized spacial score (nSPS) is 11.8. The van der Waals surface area contributed by atoms with Crippen molar-refractivity contribution in [3.63, 3.8) is 0 Å². The molecule has 23 aromatic carbocycles. The summed E-state index contributed by atoms with van der Waals surface area (Å²) in [5.74, 6) is 0. The molecule has 0 N–H and O–H groups in total. The fourth-order valence-corrected chi connectivity index (χ4v) is 20.7. The molecule has 0 bridgehead atoms. The van der Waals surface area contributed by atoms with Crippen LogP contribution in [0.25, 0.3) is 286 Å². The first-order valence-corrected chi connectivity index (χ1v) is 46.2. The highest BCUT2D eigenvalue weighted by Crippen LogP contribution is 2.47. The Morgan fingerprint density at radius 2 is 0.287 bits per heavy atom. The summed E-state index contributed by atoms with van der Waals surface area (Å²) in [6, 6.07) is 168. The molecule has 6 heterocycles. The molecule has 0 aliphatic heterocycles. The molecule has 0 fully saturated rings. The number of fused-ring (bicyclic) bond motifs is 22. The van der Waals surface area contributed by atoms with Crippen LogP contribution in [0.4, 0.5) is 0 Å². The minimum Gasteiger partial charge on any atom is -0.456 e. The van der Waals surface area contributed by atoms with E-state index in [9.17, 15) is 0 Å². The zero-order chi connectivity index (χ0) is 89.4. The second-order valence-electron chi connectivity index (χ2n) is 35.7. The van der Waals surface area contributed by atoms with Crippen molar-refractivity contribution in [2.45, 2.75) is 0 Å². The molecule has 136 heavy (non-hydrogen) atoms. The summed E-state index contributed by atoms with van der Waals surface area (Å²) >= 11 is 0. The van der Waals surface area contributed by atoms with Crippen molar-refractivity contribution >= 4 is 175 Å². The monoisotopic (exact) mass is 1730 g/mol. The summed E-state index contributed by atoms with van der Waals surface area (Å²) in [6.45, 7) is 0. The molecule has 29 aromatic rings. The van der Waals surface area contributed by atoms with E-state index < -0.39 is 0 Å². The largest absolute Gasteiger partial charge is 0.456 e. The van der Waals surface area contributed by atoms with E-state index in [0.29, 0.717) is 0 Å². The number of hydrogen-bond acceptors (Lipinski definition) is 6. The molecule has 0 amide bonds. The first-order valence-electron chi connectivity index (χ1n) is 46.2. The van der Waals surface area contributed by atoms with Gasteiger partial charge in [0.1, 0.15) is 67.0 Å². The van der Waals surface area contributed by atoms with Crippen LogP contribution in [0, 0.1) is 0 Å². The van der Waals surface area contributed by atoms with E-state index in [1.54, 1.807) is 0 Å². The average Bonchev–Trinajstić information content (AvgIpc) is 1.59. The molecule has 0 atom stereocenters. The second-order valence-corrected chi connectivity index (χ2v) is 35.7. The van der Waals surface area contributed by atoms with Crippen molar-refractivity contribution in [1.82, 2.24) is 0 Å². The van der Waals surface area contributed by atoms with Crippen molar-refractivity contribution in [2.75, 3.05) is 0 Å². The topological polar surface area (TPSA) is 78.8 Å². The van der Waals surface area contributed by atoms with Crippen molar-refractivity contribution in [3.05, 3.63) is 473 Å². The lowest BCUT2D eigenvalue weighted by molar-refractivity contribution is 0.664. The summed E-state index contributed by atoms with van der Waals surface area (Å²) in [5.41, 5.74) is 33.8. The van der Waals surface area contributed by atoms with Crippen LogP contribution in [-0.4, -0.2) is 0 Å². The molecule has 6 nitrogen and oxygen atoms in total. The van der Waals surface area contributed by atoms with Gasteiger partial charge in [-0.3, -0.25) is 0 Å². The van der Waals surface area contributed by atoms with Crippen LogP contribution in [0.5, 0.6) is 0 Å². The highest BCUT2D eigenvalue weighted by molar-refractivity contribution is 6.20. The van der Waals surface area contributed by atoms with Gasteiger partial charge < -0.3 is 26.5 Å². The fourth-order valence-electron chi connectivity index (χ4n) is 20.7. The Kier molecular flexibility index (Phi) is 18.2. The van der Waals surface area contributed by atoms with Gasteiger partial charge in [0.05, 0.1) is 0 Å². The Balaban J connectivity index is 0.000000106. The zero-order valence-corrected chi connectivity index (χ0v) is 73.5. The summed E-state index contributed by atoms with van der Waals surface area (Å²) in [7, 11) is 0. The number of benzene rings is 23. The first-order chi connectivity index (χ1) is 67.3. The highest BCUT2D eigenvalue weighted by Gasteiger charge is 2.23. The molecule has 0 spiro atoms. The Bertz CT molecular complexity index is 9180. The van der Waals surface area contributed by atoms with Gasteiger partial charge in [0, 0.05) is 64.6 Å². The Morgan fingerprint density at radius 3 is 0.574 bits per heavy atom. The third-order valence-corrected chi connectivity index (χ3v) is 27.5. The lowest BCUT2D eigenvalue weighted by atomic mass is 9.93. The van der Waals surface area contributed by atoms with Gasteiger partial charge in [-0.15, -0.1) is 0 Å². The molecule has 6 heteroatoms. The van der Waals surface area contributed by atoms with E-state index in [1.807, 2.05) is 0 Å². The molecular formula is C130H78O6. The van der Waals surface area contributed by atoms with Gasteiger partial charge in [-0.05, 0) is 312 Å². The van der Waals surface area contributed by atoms with Crippen LogP contribution in [0.1, 0.15) is 0 Å². The second kappa shape index (κ2) is 31.9. The van der Waals surface area contributed by atoms with Crippen molar-refractivity contribution < 1.29 is 26.5 Å². The summed E-state index contributed by atoms with van der Waals surface area (Å²) < 4.78 is 39.0. The van der Waals surface area contributed by atoms with E-state index in [-0.39, 0.29) is 0 Å². The average molecular weight is 1740 g/mol. The Hall–Kier alpha value is -18.1. The van der Waals surface area contributed by atoms with Crippen molar-refractivity contribution in [1.29, 1.82) is 0 Å². The maximum atomic E-state index is 6.63. The van der Waals surface area contributed by atoms with Crippen LogP contribution in [0.2, 0.25) is 0 Å². The van der Waals surface area contributed by atoms with E-state index in [0.717, 1.165) is 176 Å². The predicted molar refractivity (Wildman–Crippen MR) is 567 cm³/mol. The lowest BCUT2D eigenvalue weighted by Gasteiger charge is -2.11. The molecule has 0 aliphatic rings. The number of rotatable bonds is 10. The lowest BCUT2D eigenvalue weighted by Crippen LogP contribution is -1.86. The van der Waals surface area contributed by atoms with Crippen LogP contribution < -0.4 is 0 Å². The molecule has 0 radical (unpaired) electrons. The molecule has 0 unspecified atom stereocenters. The molecule has 29 rings (SSSR count). The van der Waals surface area contributed by atoms with Crippen LogP contribution in [0.15, 0.2) is 500 Å². The van der Waals surface area contributed by atoms with Crippen LogP contribution >= 0.6 is 0 Å². The maximum Gasteiger partial charge on any atom is 0.136 e. The highest BCUT2D eigenvalue weighted by atomic mass is 16.4. The van der Waals surface area contributed by atoms with Gasteiger partial charge in [0.15, 0.2) is 0 Å². The molecule has 0 saturated carbocycles. The minimum absolute atomic E-state index is 0.850. The van der Waals surface area contributed by atoms with Crippen molar-refractivity contribution in [3.8, 4) is 111 Å². The predicted octanol–water partition coefficient (Wildman–Crippen LogP) is 37.7. The third kappa shape index (κ3) is 13.7. The van der Waals surface area contributed by atoms with Crippen molar-refractivity contribution in [2.24, 2.45) is 0 Å². The summed E-state index contributed by atoms with van der Waals surface area (Å²) in [4.78, 5) is 0. The van der Waals surface area contributed by atoms with Gasteiger partial charge in [-0.2, -0.15) is 0 Å². The van der Waals surface area contributed by atoms with Crippen LogP contribution in [0.3, 0.4) is 0 Å². The number of furan rings is 6. The quantitative estimate of drug-likeness (QED) is 0.136. The fraction of sp³-hybridized carbons (Fsp3) is 0. The molecule has 6 aromatic heterocycles. The number of hydrogen-bond donors (Lipinski definition) is 0. The standard InChI is InChI=1S/C54H34O2.2C38H22O2/c1-5-13-35(14-6-1)41-25-42(36-15-7-2-8-16-36)28-45(27-41)39-21-23-47-49-33-54-50(34-53(49)55-51(47)31-39)48-24-22-40(32-52(48)56-54)46-29-43(37-17-9-3-10-18-37)26-44(30-46)38-19-11-4-12-20-38;1-3-11-27-23(7-1)9-5-13-29(27)25-15-17-31-33-21-38-34(22-37(33)39-35(31)19-25)32-18-16-26(20-36(32)40-38)30-14-6-10-24-8-2-4-12-28(24)30;1-3-7-25-17-27(11-9-23(25)5-1)29-13-15-31-33-21-38-34(22-37(33)39-35(31)19-29)32-16-14-30(20-36(32)40-38)28-12-10-24-6-2-4-8-26(24)18-28/h1-34H;2*1-22H. The summed E-state index contributed by atoms with van der Waals surface area (Å²) in [5, 5.41) is 22.8. The van der Waals surface area contributed by atoms with E-state index in [1.165, 1.54) is 110 Å². The Morgan fingerprint density at radius 1 is 0.0882 bits per heavy atom. The van der Waals surface area contributed by atoms with Gasteiger partial charge >= 0.3 is 0 Å². The smallest absolute Gasteiger partial charge is 0.136 e. The van der Waals surface area contributed by atoms with Gasteiger partial charge in [-0.25, -0.2) is 0 Å². The first kappa shape index (κ1) is 77.8. The molecule has 634 valence electrons. The van der Waals surface area contributed by atoms with Gasteiger partial charge in [0.2, 0.25) is 0 Å². The maximum absolute atomic E-state index is 6.63. The van der Waals surface area contributed by atoms with E-state index in [4.69, 9.17) is 26.5 Å². The third-order valence-electron chi connectivity index (χ3n) is 27.5. The minimum atomic E-state index is 0.850. The van der Waals surface area contributed by atoms with Crippen LogP contribution in [-0.2, 0) is 0 Å². The molecule has 0 saturated heterocycles. The zero-order valence-electron chi connectivity index (χ0n) is 73.5. The van der Waals surface area contributed by atoms with E-state index in [2.05, 4.69) is 473 Å². The summed E-state index contributed by atoms with van der Waals surface area (Å²) in [6.07, 6.45) is 0.